The molecule has 0 radical (unpaired) electrons. The summed E-state index contributed by atoms with van der Waals surface area (Å²) in [5.41, 5.74) is -0.348. The molecule has 1 aromatic heterocycles. The lowest BCUT2D eigenvalue weighted by Crippen LogP contribution is -2.41. The predicted molar refractivity (Wildman–Crippen MR) is 99.0 cm³/mol. The number of benzene rings is 1. The Labute approximate surface area is 170 Å². The first-order valence-electron chi connectivity index (χ1n) is 8.94. The van der Waals surface area contributed by atoms with E-state index in [-0.39, 0.29) is 30.4 Å². The maximum absolute atomic E-state index is 12.6. The topological polar surface area (TPSA) is 73.3 Å². The highest BCUT2D eigenvalue weighted by atomic mass is 35.5. The van der Waals surface area contributed by atoms with Gasteiger partial charge in [-0.15, -0.1) is 0 Å². The molecule has 1 aromatic carbocycles. The molecular weight excluding hydrogens is 411 g/mol. The van der Waals surface area contributed by atoms with Crippen LogP contribution in [0.25, 0.3) is 0 Å². The lowest BCUT2D eigenvalue weighted by atomic mass is 10.0. The average Bonchev–Trinajstić information content (AvgIpc) is 2.68. The van der Waals surface area contributed by atoms with Crippen LogP contribution in [-0.2, 0) is 28.5 Å². The molecule has 1 aliphatic rings. The number of hydrogen-bond acceptors (Lipinski definition) is 6. The van der Waals surface area contributed by atoms with Crippen LogP contribution in [0.3, 0.4) is 0 Å². The van der Waals surface area contributed by atoms with Gasteiger partial charge in [-0.3, -0.25) is 9.78 Å². The number of hydrogen-bond donors (Lipinski definition) is 1. The molecule has 0 amide bonds. The van der Waals surface area contributed by atoms with Gasteiger partial charge >= 0.3 is 6.18 Å². The van der Waals surface area contributed by atoms with E-state index in [9.17, 15) is 18.0 Å². The number of alkyl halides is 3. The lowest BCUT2D eigenvalue weighted by Gasteiger charge is -2.24. The van der Waals surface area contributed by atoms with Crippen LogP contribution < -0.4 is 10.1 Å². The van der Waals surface area contributed by atoms with Gasteiger partial charge in [0.1, 0.15) is 24.2 Å². The maximum Gasteiger partial charge on any atom is 0.434 e. The van der Waals surface area contributed by atoms with Gasteiger partial charge in [-0.05, 0) is 18.2 Å². The lowest BCUT2D eigenvalue weighted by molar-refractivity contribution is -0.141. The second kappa shape index (κ2) is 9.51. The van der Waals surface area contributed by atoms with Gasteiger partial charge < -0.3 is 14.8 Å². The van der Waals surface area contributed by atoms with Gasteiger partial charge in [0.05, 0.1) is 24.9 Å². The third kappa shape index (κ3) is 6.38. The molecule has 6 nitrogen and oxygen atoms in total. The van der Waals surface area contributed by atoms with E-state index in [1.54, 1.807) is 18.2 Å². The molecule has 0 bridgehead atoms. The Bertz CT molecular complexity index is 841. The first kappa shape index (κ1) is 21.5. The van der Waals surface area contributed by atoms with Gasteiger partial charge in [-0.2, -0.15) is 13.2 Å². The highest BCUT2D eigenvalue weighted by molar-refractivity contribution is 6.30. The summed E-state index contributed by atoms with van der Waals surface area (Å²) in [6.07, 6.45) is -3.22. The Hall–Kier alpha value is -2.23. The molecule has 3 rings (SSSR count). The number of rotatable bonds is 7. The predicted octanol–water partition coefficient (Wildman–Crippen LogP) is 2.87. The summed E-state index contributed by atoms with van der Waals surface area (Å²) < 4.78 is 49.0. The Morgan fingerprint density at radius 2 is 2.10 bits per heavy atom. The van der Waals surface area contributed by atoms with Gasteiger partial charge in [0, 0.05) is 36.3 Å². The van der Waals surface area contributed by atoms with Crippen LogP contribution >= 0.6 is 11.6 Å². The van der Waals surface area contributed by atoms with E-state index in [0.717, 1.165) is 12.7 Å². The molecular formula is C19H19ClF3N3O3. The molecule has 2 heterocycles. The number of nitrogens with zero attached hydrogens (tertiary/aromatic N) is 2. The van der Waals surface area contributed by atoms with Crippen molar-refractivity contribution in [3.8, 4) is 5.75 Å². The smallest absolute Gasteiger partial charge is 0.434 e. The number of carbonyl (C=O) groups excluding carboxylic acids is 1. The zero-order valence-corrected chi connectivity index (χ0v) is 16.1. The van der Waals surface area contributed by atoms with Crippen LogP contribution in [0.5, 0.6) is 5.75 Å². The molecule has 1 N–H and O–H groups in total. The van der Waals surface area contributed by atoms with E-state index in [2.05, 4.69) is 15.3 Å². The number of halogens is 4. The van der Waals surface area contributed by atoms with Crippen molar-refractivity contribution in [1.82, 2.24) is 15.3 Å². The normalized spacial score (nSPS) is 17.2. The molecule has 1 fully saturated rings. The number of nitrogens with one attached hydrogen (secondary N) is 1. The molecule has 1 atom stereocenters. The molecule has 0 unspecified atom stereocenters. The van der Waals surface area contributed by atoms with Gasteiger partial charge in [0.25, 0.3) is 0 Å². The summed E-state index contributed by atoms with van der Waals surface area (Å²) in [4.78, 5) is 19.4. The molecule has 29 heavy (non-hydrogen) atoms. The quantitative estimate of drug-likeness (QED) is 0.729. The van der Waals surface area contributed by atoms with Crippen LogP contribution in [0.4, 0.5) is 13.2 Å². The summed E-state index contributed by atoms with van der Waals surface area (Å²) in [5.74, 6) is 0.261. The number of Topliss-reactive ketones (excluding diaryl/α,β-unsaturated/α-hetero) is 1. The third-order valence-electron chi connectivity index (χ3n) is 4.21. The van der Waals surface area contributed by atoms with Crippen molar-refractivity contribution < 1.29 is 27.4 Å². The summed E-state index contributed by atoms with van der Waals surface area (Å²) in [6, 6.07) is 4.97. The van der Waals surface area contributed by atoms with Crippen molar-refractivity contribution in [2.24, 2.45) is 0 Å². The van der Waals surface area contributed by atoms with Crippen molar-refractivity contribution in [3.63, 3.8) is 0 Å². The van der Waals surface area contributed by atoms with Crippen molar-refractivity contribution in [3.05, 3.63) is 52.6 Å². The number of aromatic nitrogens is 2. The highest BCUT2D eigenvalue weighted by Crippen LogP contribution is 2.27. The molecule has 10 heteroatoms. The Balaban J connectivity index is 1.62. The van der Waals surface area contributed by atoms with Crippen LogP contribution in [0.1, 0.15) is 17.0 Å². The Morgan fingerprint density at radius 3 is 2.76 bits per heavy atom. The molecule has 1 saturated heterocycles. The van der Waals surface area contributed by atoms with E-state index >= 15 is 0 Å². The number of ketones is 1. The summed E-state index contributed by atoms with van der Waals surface area (Å²) in [5, 5.41) is 3.65. The second-order valence-corrected chi connectivity index (χ2v) is 6.98. The fourth-order valence-electron chi connectivity index (χ4n) is 2.81. The number of carbonyl (C=O) groups is 1. The minimum absolute atomic E-state index is 0.00235. The largest absolute Gasteiger partial charge is 0.491 e. The molecule has 0 saturated carbocycles. The molecule has 0 aliphatic carbocycles. The molecule has 156 valence electrons. The third-order valence-corrected chi connectivity index (χ3v) is 4.45. The van der Waals surface area contributed by atoms with E-state index in [4.69, 9.17) is 21.1 Å². The van der Waals surface area contributed by atoms with Crippen molar-refractivity contribution >= 4 is 17.4 Å². The Morgan fingerprint density at radius 1 is 1.28 bits per heavy atom. The van der Waals surface area contributed by atoms with Crippen LogP contribution in [-0.4, -0.2) is 48.2 Å². The Kier molecular flexibility index (Phi) is 7.05. The van der Waals surface area contributed by atoms with Crippen molar-refractivity contribution in [1.29, 1.82) is 0 Å². The maximum atomic E-state index is 12.6. The number of morpholine rings is 1. The summed E-state index contributed by atoms with van der Waals surface area (Å²) in [6.45, 7) is 2.40. The SMILES string of the molecule is O=C(Cc1cnc(C(F)(F)F)cn1)Cc1cc(Cl)ccc1OC[C@H]1CNCCO1. The van der Waals surface area contributed by atoms with Crippen molar-refractivity contribution in [2.75, 3.05) is 26.3 Å². The standard InChI is InChI=1S/C19H19ClF3N3O3/c20-13-1-2-17(29-11-16-9-24-3-4-28-16)12(5-13)6-15(27)7-14-8-26-18(10-25-14)19(21,22)23/h1-2,5,8,10,16,24H,3-4,6-7,9,11H2/t16-/m1/s1. The average molecular weight is 430 g/mol. The first-order chi connectivity index (χ1) is 13.8. The van der Waals surface area contributed by atoms with Crippen molar-refractivity contribution in [2.45, 2.75) is 25.1 Å². The van der Waals surface area contributed by atoms with E-state index in [1.165, 1.54) is 0 Å². The molecule has 1 aliphatic heterocycles. The van der Waals surface area contributed by atoms with Crippen LogP contribution in [0, 0.1) is 0 Å². The van der Waals surface area contributed by atoms with Gasteiger partial charge in [-0.25, -0.2) is 4.98 Å². The molecule has 0 spiro atoms. The summed E-state index contributed by atoms with van der Waals surface area (Å²) >= 11 is 6.04. The second-order valence-electron chi connectivity index (χ2n) is 6.54. The van der Waals surface area contributed by atoms with Gasteiger partial charge in [0.15, 0.2) is 5.69 Å². The van der Waals surface area contributed by atoms with E-state index in [1.807, 2.05) is 0 Å². The van der Waals surface area contributed by atoms with Gasteiger partial charge in [0.2, 0.25) is 0 Å². The summed E-state index contributed by atoms with van der Waals surface area (Å²) in [7, 11) is 0. The van der Waals surface area contributed by atoms with Gasteiger partial charge in [-0.1, -0.05) is 11.6 Å². The minimum atomic E-state index is -4.57. The zero-order valence-electron chi connectivity index (χ0n) is 15.3. The molecule has 2 aromatic rings. The van der Waals surface area contributed by atoms with Crippen LogP contribution in [0.2, 0.25) is 5.02 Å². The highest BCUT2D eigenvalue weighted by Gasteiger charge is 2.32. The fraction of sp³-hybridized carbons (Fsp3) is 0.421. The minimum Gasteiger partial charge on any atom is -0.491 e. The number of ether oxygens (including phenoxy) is 2. The zero-order chi connectivity index (χ0) is 20.9. The van der Waals surface area contributed by atoms with E-state index < -0.39 is 11.9 Å². The fourth-order valence-corrected chi connectivity index (χ4v) is 3.00. The first-order valence-corrected chi connectivity index (χ1v) is 9.32. The van der Waals surface area contributed by atoms with E-state index in [0.29, 0.717) is 42.3 Å². The van der Waals surface area contributed by atoms with Crippen LogP contribution in [0.15, 0.2) is 30.6 Å². The monoisotopic (exact) mass is 429 g/mol.